The molecule has 2 amide bonds. The summed E-state index contributed by atoms with van der Waals surface area (Å²) < 4.78 is 6.93. The fourth-order valence-corrected chi connectivity index (χ4v) is 3.98. The van der Waals surface area contributed by atoms with E-state index in [0.29, 0.717) is 31.8 Å². The summed E-state index contributed by atoms with van der Waals surface area (Å²) in [6, 6.07) is 7.45. The first-order chi connectivity index (χ1) is 13.2. The van der Waals surface area contributed by atoms with E-state index in [0.717, 1.165) is 18.5 Å². The number of hydrogen-bond donors (Lipinski definition) is 0. The molecule has 3 saturated heterocycles. The van der Waals surface area contributed by atoms with E-state index in [1.807, 2.05) is 34.1 Å². The molecule has 142 valence electrons. The Balaban J connectivity index is 1.50. The molecule has 3 fully saturated rings. The zero-order valence-electron chi connectivity index (χ0n) is 15.3. The standard InChI is InChI=1S/C19H23N5O3/c1-27-9-8-24-17-7-4-15(19(24)26)10-22(11-17)18(25)14-2-5-16(6-3-14)23-12-20-21-13-23/h2-3,5-6,12-13,15,17H,4,7-11H2,1H3. The van der Waals surface area contributed by atoms with Crippen LogP contribution in [0.2, 0.25) is 0 Å². The molecule has 2 atom stereocenters. The number of methoxy groups -OCH3 is 1. The van der Waals surface area contributed by atoms with Crippen molar-refractivity contribution in [1.29, 1.82) is 0 Å². The van der Waals surface area contributed by atoms with Crippen LogP contribution in [0.25, 0.3) is 5.69 Å². The minimum absolute atomic E-state index is 0.0244. The van der Waals surface area contributed by atoms with Gasteiger partial charge in [0, 0.05) is 44.0 Å². The van der Waals surface area contributed by atoms with Crippen molar-refractivity contribution in [3.8, 4) is 5.69 Å². The molecule has 1 aromatic carbocycles. The Morgan fingerprint density at radius 2 is 1.89 bits per heavy atom. The van der Waals surface area contributed by atoms with Gasteiger partial charge in [0.25, 0.3) is 5.91 Å². The lowest BCUT2D eigenvalue weighted by atomic mass is 9.94. The fourth-order valence-electron chi connectivity index (χ4n) is 3.98. The number of rotatable bonds is 5. The van der Waals surface area contributed by atoms with Gasteiger partial charge in [0.2, 0.25) is 5.91 Å². The highest BCUT2D eigenvalue weighted by atomic mass is 16.5. The van der Waals surface area contributed by atoms with E-state index < -0.39 is 0 Å². The molecule has 2 bridgehead atoms. The minimum atomic E-state index is -0.110. The van der Waals surface area contributed by atoms with Crippen LogP contribution >= 0.6 is 0 Å². The van der Waals surface area contributed by atoms with E-state index in [1.54, 1.807) is 24.3 Å². The molecule has 5 rings (SSSR count). The second-order valence-electron chi connectivity index (χ2n) is 7.08. The van der Waals surface area contributed by atoms with Gasteiger partial charge in [0.1, 0.15) is 12.7 Å². The van der Waals surface area contributed by atoms with Crippen LogP contribution in [0.1, 0.15) is 23.2 Å². The molecule has 0 radical (unpaired) electrons. The lowest BCUT2D eigenvalue weighted by Gasteiger charge is -2.35. The molecule has 27 heavy (non-hydrogen) atoms. The maximum Gasteiger partial charge on any atom is 0.253 e. The summed E-state index contributed by atoms with van der Waals surface area (Å²) in [5.41, 5.74) is 1.53. The molecule has 0 aliphatic carbocycles. The lowest BCUT2D eigenvalue weighted by molar-refractivity contribution is -0.140. The van der Waals surface area contributed by atoms with Gasteiger partial charge in [-0.25, -0.2) is 0 Å². The van der Waals surface area contributed by atoms with Gasteiger partial charge < -0.3 is 14.5 Å². The Morgan fingerprint density at radius 1 is 1.15 bits per heavy atom. The second-order valence-corrected chi connectivity index (χ2v) is 7.08. The lowest BCUT2D eigenvalue weighted by Crippen LogP contribution is -2.49. The molecule has 0 N–H and O–H groups in total. The number of piperidine rings is 1. The van der Waals surface area contributed by atoms with Gasteiger partial charge in [-0.15, -0.1) is 10.2 Å². The Bertz CT molecular complexity index is 805. The zero-order valence-corrected chi connectivity index (χ0v) is 15.3. The predicted molar refractivity (Wildman–Crippen MR) is 97.4 cm³/mol. The first-order valence-electron chi connectivity index (χ1n) is 9.21. The Hall–Kier alpha value is -2.74. The van der Waals surface area contributed by atoms with E-state index >= 15 is 0 Å². The van der Waals surface area contributed by atoms with Crippen LogP contribution in [0, 0.1) is 5.92 Å². The van der Waals surface area contributed by atoms with Crippen LogP contribution in [0.15, 0.2) is 36.9 Å². The third kappa shape index (κ3) is 3.44. The number of benzene rings is 1. The number of carbonyl (C=O) groups excluding carboxylic acids is 2. The highest BCUT2D eigenvalue weighted by molar-refractivity contribution is 5.95. The van der Waals surface area contributed by atoms with Gasteiger partial charge in [-0.05, 0) is 37.1 Å². The molecule has 0 saturated carbocycles. The molecule has 2 unspecified atom stereocenters. The van der Waals surface area contributed by atoms with E-state index in [9.17, 15) is 9.59 Å². The molecule has 4 heterocycles. The molecule has 8 nitrogen and oxygen atoms in total. The molecule has 8 heteroatoms. The predicted octanol–water partition coefficient (Wildman–Crippen LogP) is 0.977. The van der Waals surface area contributed by atoms with Crippen molar-refractivity contribution in [3.63, 3.8) is 0 Å². The molecule has 3 aliphatic rings. The first-order valence-corrected chi connectivity index (χ1v) is 9.21. The zero-order chi connectivity index (χ0) is 18.8. The molecule has 1 aromatic heterocycles. The molecule has 3 aliphatic heterocycles. The summed E-state index contributed by atoms with van der Waals surface area (Å²) in [7, 11) is 1.64. The Morgan fingerprint density at radius 3 is 2.59 bits per heavy atom. The number of carbonyl (C=O) groups is 2. The van der Waals surface area contributed by atoms with E-state index in [4.69, 9.17) is 4.74 Å². The van der Waals surface area contributed by atoms with Crippen molar-refractivity contribution >= 4 is 11.8 Å². The van der Waals surface area contributed by atoms with Gasteiger partial charge >= 0.3 is 0 Å². The van der Waals surface area contributed by atoms with E-state index in [1.165, 1.54) is 0 Å². The number of nitrogens with zero attached hydrogens (tertiary/aromatic N) is 5. The highest BCUT2D eigenvalue weighted by Crippen LogP contribution is 2.29. The van der Waals surface area contributed by atoms with Gasteiger partial charge in [-0.1, -0.05) is 0 Å². The molecular formula is C19H23N5O3. The normalized spacial score (nSPS) is 22.2. The van der Waals surface area contributed by atoms with Crippen LogP contribution < -0.4 is 0 Å². The number of hydrogen-bond acceptors (Lipinski definition) is 5. The average Bonchev–Trinajstić information content (AvgIpc) is 3.10. The van der Waals surface area contributed by atoms with Gasteiger partial charge in [-0.3, -0.25) is 14.2 Å². The van der Waals surface area contributed by atoms with E-state index in [-0.39, 0.29) is 23.8 Å². The monoisotopic (exact) mass is 369 g/mol. The highest BCUT2D eigenvalue weighted by Gasteiger charge is 2.41. The second kappa shape index (κ2) is 7.48. The summed E-state index contributed by atoms with van der Waals surface area (Å²) in [6.45, 7) is 2.18. The third-order valence-electron chi connectivity index (χ3n) is 5.45. The number of amides is 2. The van der Waals surface area contributed by atoms with Crippen molar-refractivity contribution in [2.75, 3.05) is 33.4 Å². The number of aromatic nitrogens is 3. The third-order valence-corrected chi connectivity index (χ3v) is 5.45. The molecular weight excluding hydrogens is 346 g/mol. The maximum atomic E-state index is 13.0. The maximum absolute atomic E-state index is 13.0. The minimum Gasteiger partial charge on any atom is -0.383 e. The summed E-state index contributed by atoms with van der Waals surface area (Å²) in [6.07, 6.45) is 5.02. The smallest absolute Gasteiger partial charge is 0.253 e. The SMILES string of the molecule is COCCN1C(=O)C2CCC1CN(C(=O)c1ccc(-n3cnnc3)cc1)C2. The summed E-state index contributed by atoms with van der Waals surface area (Å²) >= 11 is 0. The number of ether oxygens (including phenoxy) is 1. The van der Waals surface area contributed by atoms with Crippen LogP contribution in [0.4, 0.5) is 0 Å². The average molecular weight is 369 g/mol. The largest absolute Gasteiger partial charge is 0.383 e. The van der Waals surface area contributed by atoms with Crippen LogP contribution in [-0.4, -0.2) is 75.8 Å². The van der Waals surface area contributed by atoms with Crippen LogP contribution in [-0.2, 0) is 9.53 Å². The topological polar surface area (TPSA) is 80.6 Å². The van der Waals surface area contributed by atoms with Gasteiger partial charge in [0.05, 0.1) is 12.5 Å². The summed E-state index contributed by atoms with van der Waals surface area (Å²) in [4.78, 5) is 29.5. The van der Waals surface area contributed by atoms with Crippen LogP contribution in [0.5, 0.6) is 0 Å². The van der Waals surface area contributed by atoms with Gasteiger partial charge in [-0.2, -0.15) is 0 Å². The van der Waals surface area contributed by atoms with Crippen molar-refractivity contribution in [1.82, 2.24) is 24.6 Å². The van der Waals surface area contributed by atoms with Crippen molar-refractivity contribution in [2.45, 2.75) is 18.9 Å². The molecule has 2 aromatic rings. The van der Waals surface area contributed by atoms with Crippen molar-refractivity contribution in [2.24, 2.45) is 5.92 Å². The fraction of sp³-hybridized carbons (Fsp3) is 0.474. The van der Waals surface area contributed by atoms with E-state index in [2.05, 4.69) is 10.2 Å². The quantitative estimate of drug-likeness (QED) is 0.785. The van der Waals surface area contributed by atoms with Crippen LogP contribution in [0.3, 0.4) is 0 Å². The number of fused-ring (bicyclic) bond motifs is 4. The Labute approximate surface area is 157 Å². The van der Waals surface area contributed by atoms with Gasteiger partial charge in [0.15, 0.2) is 0 Å². The first kappa shape index (κ1) is 17.7. The summed E-state index contributed by atoms with van der Waals surface area (Å²) in [5.74, 6) is 0.0194. The summed E-state index contributed by atoms with van der Waals surface area (Å²) in [5, 5.41) is 7.58. The molecule has 0 spiro atoms. The van der Waals surface area contributed by atoms with Crippen molar-refractivity contribution < 1.29 is 14.3 Å². The Kier molecular flexibility index (Phi) is 4.89. The van der Waals surface area contributed by atoms with Crippen molar-refractivity contribution in [3.05, 3.63) is 42.5 Å².